The second-order valence-electron chi connectivity index (χ2n) is 6.54. The van der Waals surface area contributed by atoms with Crippen LogP contribution in [0.15, 0.2) is 70.2 Å². The predicted octanol–water partition coefficient (Wildman–Crippen LogP) is 3.83. The molecule has 0 radical (unpaired) electrons. The van der Waals surface area contributed by atoms with Gasteiger partial charge in [0.15, 0.2) is 5.89 Å². The molecule has 4 rings (SSSR count). The maximum Gasteiger partial charge on any atom is 0.243 e. The van der Waals surface area contributed by atoms with E-state index in [1.165, 1.54) is 5.56 Å². The number of hydrogen-bond donors (Lipinski definition) is 0. The van der Waals surface area contributed by atoms with Crippen molar-refractivity contribution < 1.29 is 12.8 Å². The summed E-state index contributed by atoms with van der Waals surface area (Å²) in [5.74, 6) is 0.837. The zero-order chi connectivity index (χ0) is 18.1. The Labute approximate surface area is 153 Å². The molecule has 1 saturated heterocycles. The third-order valence-corrected chi connectivity index (χ3v) is 6.71. The van der Waals surface area contributed by atoms with Gasteiger partial charge in [0.25, 0.3) is 0 Å². The first-order chi connectivity index (χ1) is 12.5. The topological polar surface area (TPSA) is 63.4 Å². The lowest BCUT2D eigenvalue weighted by atomic mass is 9.99. The van der Waals surface area contributed by atoms with Crippen LogP contribution in [0.3, 0.4) is 0 Å². The van der Waals surface area contributed by atoms with Gasteiger partial charge in [0.2, 0.25) is 10.0 Å². The van der Waals surface area contributed by atoms with Gasteiger partial charge < -0.3 is 4.42 Å². The molecule has 134 valence electrons. The fraction of sp³-hybridized carbons (Fsp3) is 0.250. The molecule has 0 unspecified atom stereocenters. The van der Waals surface area contributed by atoms with E-state index in [0.29, 0.717) is 29.6 Å². The van der Waals surface area contributed by atoms with Crippen LogP contribution in [0.1, 0.15) is 23.8 Å². The summed E-state index contributed by atoms with van der Waals surface area (Å²) in [6.45, 7) is 2.85. The van der Waals surface area contributed by atoms with Crippen molar-refractivity contribution in [2.45, 2.75) is 24.2 Å². The summed E-state index contributed by atoms with van der Waals surface area (Å²) in [5.41, 5.74) is 2.74. The van der Waals surface area contributed by atoms with Gasteiger partial charge in [-0.1, -0.05) is 42.5 Å². The second kappa shape index (κ2) is 6.70. The van der Waals surface area contributed by atoms with Crippen molar-refractivity contribution >= 4 is 10.0 Å². The minimum Gasteiger partial charge on any atom is -0.449 e. The summed E-state index contributed by atoms with van der Waals surface area (Å²) in [6.07, 6.45) is 2.42. The van der Waals surface area contributed by atoms with Crippen LogP contribution in [0.4, 0.5) is 0 Å². The van der Waals surface area contributed by atoms with Gasteiger partial charge in [-0.2, -0.15) is 4.31 Å². The number of hydrogen-bond acceptors (Lipinski definition) is 4. The highest BCUT2D eigenvalue weighted by Crippen LogP contribution is 2.31. The smallest absolute Gasteiger partial charge is 0.243 e. The minimum absolute atomic E-state index is 0.253. The van der Waals surface area contributed by atoms with Crippen LogP contribution in [-0.4, -0.2) is 30.8 Å². The van der Waals surface area contributed by atoms with Crippen molar-refractivity contribution in [3.63, 3.8) is 0 Å². The van der Waals surface area contributed by atoms with Crippen LogP contribution in [0.25, 0.3) is 11.3 Å². The number of aryl methyl sites for hydroxylation is 1. The Morgan fingerprint density at radius 2 is 1.81 bits per heavy atom. The Balaban J connectivity index is 1.53. The Morgan fingerprint density at radius 3 is 2.46 bits per heavy atom. The van der Waals surface area contributed by atoms with Crippen LogP contribution in [-0.2, 0) is 10.0 Å². The van der Waals surface area contributed by atoms with E-state index in [0.717, 1.165) is 12.0 Å². The predicted molar refractivity (Wildman–Crippen MR) is 99.2 cm³/mol. The Bertz CT molecular complexity index is 995. The van der Waals surface area contributed by atoms with Crippen LogP contribution in [0, 0.1) is 6.92 Å². The summed E-state index contributed by atoms with van der Waals surface area (Å²) in [4.78, 5) is 4.58. The van der Waals surface area contributed by atoms with Gasteiger partial charge in [-0.25, -0.2) is 13.4 Å². The zero-order valence-electron chi connectivity index (χ0n) is 14.5. The van der Waals surface area contributed by atoms with E-state index < -0.39 is 10.0 Å². The number of nitrogens with zero attached hydrogens (tertiary/aromatic N) is 2. The molecule has 1 aliphatic heterocycles. The van der Waals surface area contributed by atoms with Gasteiger partial charge in [0, 0.05) is 25.6 Å². The van der Waals surface area contributed by atoms with Crippen LogP contribution in [0.2, 0.25) is 0 Å². The number of oxazole rings is 1. The van der Waals surface area contributed by atoms with Crippen LogP contribution in [0.5, 0.6) is 0 Å². The van der Waals surface area contributed by atoms with Gasteiger partial charge in [0.05, 0.1) is 4.90 Å². The SMILES string of the molecule is Cc1nc(-c2ccc(S(=O)(=O)N3CC[C@H](c4ccccc4)C3)cc2)co1. The van der Waals surface area contributed by atoms with Crippen molar-refractivity contribution in [2.24, 2.45) is 0 Å². The molecule has 3 aromatic rings. The van der Waals surface area contributed by atoms with Crippen molar-refractivity contribution in [3.05, 3.63) is 72.3 Å². The second-order valence-corrected chi connectivity index (χ2v) is 8.47. The van der Waals surface area contributed by atoms with Gasteiger partial charge in [-0.05, 0) is 30.0 Å². The highest BCUT2D eigenvalue weighted by molar-refractivity contribution is 7.89. The molecular weight excluding hydrogens is 348 g/mol. The van der Waals surface area contributed by atoms with Crippen LogP contribution < -0.4 is 0 Å². The van der Waals surface area contributed by atoms with Crippen molar-refractivity contribution in [1.82, 2.24) is 9.29 Å². The fourth-order valence-electron chi connectivity index (χ4n) is 3.39. The van der Waals surface area contributed by atoms with E-state index in [-0.39, 0.29) is 5.92 Å². The maximum absolute atomic E-state index is 13.0. The molecule has 1 aliphatic rings. The van der Waals surface area contributed by atoms with E-state index in [1.807, 2.05) is 18.2 Å². The minimum atomic E-state index is -3.48. The Kier molecular flexibility index (Phi) is 4.38. The van der Waals surface area contributed by atoms with E-state index >= 15 is 0 Å². The molecule has 0 amide bonds. The molecule has 1 atom stereocenters. The lowest BCUT2D eigenvalue weighted by Gasteiger charge is -2.17. The van der Waals surface area contributed by atoms with E-state index in [2.05, 4.69) is 17.1 Å². The highest BCUT2D eigenvalue weighted by Gasteiger charge is 2.33. The molecule has 6 heteroatoms. The zero-order valence-corrected chi connectivity index (χ0v) is 15.3. The Morgan fingerprint density at radius 1 is 1.08 bits per heavy atom. The largest absolute Gasteiger partial charge is 0.449 e. The molecule has 2 aromatic carbocycles. The molecule has 0 bridgehead atoms. The third-order valence-electron chi connectivity index (χ3n) is 4.83. The molecule has 0 aliphatic carbocycles. The molecule has 1 aromatic heterocycles. The number of benzene rings is 2. The number of rotatable bonds is 4. The maximum atomic E-state index is 13.0. The van der Waals surface area contributed by atoms with Crippen molar-refractivity contribution in [2.75, 3.05) is 13.1 Å². The average molecular weight is 368 g/mol. The summed E-state index contributed by atoms with van der Waals surface area (Å²) < 4.78 is 32.7. The quantitative estimate of drug-likeness (QED) is 0.702. The summed E-state index contributed by atoms with van der Waals surface area (Å²) in [7, 11) is -3.48. The summed E-state index contributed by atoms with van der Waals surface area (Å²) >= 11 is 0. The highest BCUT2D eigenvalue weighted by atomic mass is 32.2. The summed E-state index contributed by atoms with van der Waals surface area (Å²) in [5, 5.41) is 0. The number of aromatic nitrogens is 1. The van der Waals surface area contributed by atoms with E-state index in [9.17, 15) is 8.42 Å². The van der Waals surface area contributed by atoms with Crippen molar-refractivity contribution in [3.8, 4) is 11.3 Å². The van der Waals surface area contributed by atoms with Gasteiger partial charge in [0.1, 0.15) is 12.0 Å². The fourth-order valence-corrected chi connectivity index (χ4v) is 4.89. The standard InChI is InChI=1S/C20H20N2O3S/c1-15-21-20(14-25-15)17-7-9-19(10-8-17)26(23,24)22-12-11-18(13-22)16-5-3-2-4-6-16/h2-10,14,18H,11-13H2,1H3/t18-/m0/s1. The normalized spacial score (nSPS) is 18.3. The van der Waals surface area contributed by atoms with Crippen molar-refractivity contribution in [1.29, 1.82) is 0 Å². The van der Waals surface area contributed by atoms with E-state index in [4.69, 9.17) is 4.42 Å². The molecule has 26 heavy (non-hydrogen) atoms. The third kappa shape index (κ3) is 3.18. The molecule has 0 saturated carbocycles. The van der Waals surface area contributed by atoms with Gasteiger partial charge in [-0.15, -0.1) is 0 Å². The first-order valence-corrected chi connectivity index (χ1v) is 10.1. The lowest BCUT2D eigenvalue weighted by Crippen LogP contribution is -2.28. The van der Waals surface area contributed by atoms with Gasteiger partial charge >= 0.3 is 0 Å². The van der Waals surface area contributed by atoms with Crippen LogP contribution >= 0.6 is 0 Å². The number of sulfonamides is 1. The lowest BCUT2D eigenvalue weighted by molar-refractivity contribution is 0.473. The average Bonchev–Trinajstić information content (AvgIpc) is 3.32. The first-order valence-electron chi connectivity index (χ1n) is 8.62. The molecule has 0 N–H and O–H groups in total. The molecule has 5 nitrogen and oxygen atoms in total. The Hall–Kier alpha value is -2.44. The monoisotopic (exact) mass is 368 g/mol. The van der Waals surface area contributed by atoms with Gasteiger partial charge in [-0.3, -0.25) is 0 Å². The first kappa shape index (κ1) is 17.0. The molecule has 1 fully saturated rings. The molecule has 2 heterocycles. The summed E-state index contributed by atoms with van der Waals surface area (Å²) in [6, 6.07) is 16.9. The molecular formula is C20H20N2O3S. The van der Waals surface area contributed by atoms with E-state index in [1.54, 1.807) is 41.8 Å². The molecule has 0 spiro atoms.